The zero-order valence-corrected chi connectivity index (χ0v) is 17.8. The van der Waals surface area contributed by atoms with Gasteiger partial charge in [0.25, 0.3) is 5.91 Å². The van der Waals surface area contributed by atoms with Gasteiger partial charge in [-0.2, -0.15) is 0 Å². The van der Waals surface area contributed by atoms with Crippen LogP contribution in [0.4, 0.5) is 11.4 Å². The first kappa shape index (κ1) is 19.5. The van der Waals surface area contributed by atoms with Crippen LogP contribution in [0.2, 0.25) is 0 Å². The van der Waals surface area contributed by atoms with Gasteiger partial charge >= 0.3 is 0 Å². The van der Waals surface area contributed by atoms with E-state index in [9.17, 15) is 9.59 Å². The summed E-state index contributed by atoms with van der Waals surface area (Å²) in [5, 5.41) is 1.73. The van der Waals surface area contributed by atoms with Gasteiger partial charge < -0.3 is 0 Å². The van der Waals surface area contributed by atoms with Gasteiger partial charge in [0, 0.05) is 0 Å². The molecule has 0 aliphatic carbocycles. The maximum Gasteiger partial charge on any atom is 0.266 e. The number of benzene rings is 3. The van der Waals surface area contributed by atoms with Crippen molar-refractivity contribution in [3.05, 3.63) is 95.6 Å². The number of anilines is 2. The van der Waals surface area contributed by atoms with E-state index in [0.717, 1.165) is 22.4 Å². The number of nitrogens with zero attached hydrogens (tertiary/aromatic N) is 2. The quantitative estimate of drug-likeness (QED) is 0.583. The van der Waals surface area contributed by atoms with E-state index in [-0.39, 0.29) is 11.8 Å². The van der Waals surface area contributed by atoms with E-state index in [4.69, 9.17) is 4.84 Å². The van der Waals surface area contributed by atoms with Gasteiger partial charge in [-0.1, -0.05) is 54.6 Å². The first-order valence-corrected chi connectivity index (χ1v) is 10.4. The van der Waals surface area contributed by atoms with Gasteiger partial charge in [0.15, 0.2) is 6.10 Å². The van der Waals surface area contributed by atoms with Crippen LogP contribution in [0.3, 0.4) is 0 Å². The predicted octanol–water partition coefficient (Wildman–Crippen LogP) is 4.74. The minimum absolute atomic E-state index is 0.238. The molecule has 2 amide bonds. The molecule has 3 aromatic carbocycles. The van der Waals surface area contributed by atoms with Gasteiger partial charge in [-0.05, 0) is 61.7 Å². The van der Waals surface area contributed by atoms with E-state index in [1.807, 2.05) is 99.6 Å². The Morgan fingerprint density at radius 2 is 1.45 bits per heavy atom. The van der Waals surface area contributed by atoms with E-state index >= 15 is 0 Å². The van der Waals surface area contributed by atoms with Gasteiger partial charge in [-0.3, -0.25) is 14.4 Å². The van der Waals surface area contributed by atoms with Crippen molar-refractivity contribution >= 4 is 23.2 Å². The fourth-order valence-corrected chi connectivity index (χ4v) is 4.67. The molecule has 5 nitrogen and oxygen atoms in total. The Balaban J connectivity index is 1.63. The summed E-state index contributed by atoms with van der Waals surface area (Å²) in [6.45, 7) is 5.83. The van der Waals surface area contributed by atoms with Crippen molar-refractivity contribution in [1.82, 2.24) is 0 Å². The van der Waals surface area contributed by atoms with Crippen LogP contribution < -0.4 is 9.96 Å². The highest BCUT2D eigenvalue weighted by molar-refractivity contribution is 6.25. The van der Waals surface area contributed by atoms with E-state index in [1.165, 1.54) is 4.90 Å². The monoisotopic (exact) mass is 412 g/mol. The molecule has 31 heavy (non-hydrogen) atoms. The number of aryl methyl sites for hydroxylation is 2. The molecule has 2 aliphatic heterocycles. The van der Waals surface area contributed by atoms with Gasteiger partial charge in [0.05, 0.1) is 17.4 Å². The molecule has 3 aromatic rings. The van der Waals surface area contributed by atoms with Gasteiger partial charge in [0.2, 0.25) is 5.91 Å². The van der Waals surface area contributed by atoms with Crippen molar-refractivity contribution in [2.45, 2.75) is 32.9 Å². The Morgan fingerprint density at radius 1 is 0.806 bits per heavy atom. The lowest BCUT2D eigenvalue weighted by atomic mass is 9.76. The Morgan fingerprint density at radius 3 is 2.10 bits per heavy atom. The summed E-state index contributed by atoms with van der Waals surface area (Å²) in [6.07, 6.45) is -0.896. The first-order valence-electron chi connectivity index (χ1n) is 10.4. The summed E-state index contributed by atoms with van der Waals surface area (Å²) >= 11 is 0. The third-order valence-electron chi connectivity index (χ3n) is 6.55. The van der Waals surface area contributed by atoms with Crippen molar-refractivity contribution in [2.24, 2.45) is 5.41 Å². The topological polar surface area (TPSA) is 49.9 Å². The Bertz CT molecular complexity index is 1160. The fourth-order valence-electron chi connectivity index (χ4n) is 4.67. The molecule has 0 spiro atoms. The van der Waals surface area contributed by atoms with Crippen LogP contribution in [0.5, 0.6) is 0 Å². The maximum absolute atomic E-state index is 13.9. The predicted molar refractivity (Wildman–Crippen MR) is 119 cm³/mol. The van der Waals surface area contributed by atoms with E-state index < -0.39 is 17.6 Å². The summed E-state index contributed by atoms with van der Waals surface area (Å²) in [5.74, 6) is -0.562. The van der Waals surface area contributed by atoms with Crippen LogP contribution in [0, 0.1) is 19.3 Å². The summed E-state index contributed by atoms with van der Waals surface area (Å²) in [6, 6.07) is 24.6. The smallest absolute Gasteiger partial charge is 0.266 e. The highest BCUT2D eigenvalue weighted by Crippen LogP contribution is 2.55. The molecule has 5 rings (SSSR count). The molecule has 156 valence electrons. The molecule has 0 aromatic heterocycles. The second-order valence-electron chi connectivity index (χ2n) is 8.49. The zero-order chi connectivity index (χ0) is 21.8. The molecule has 0 bridgehead atoms. The molecule has 2 fully saturated rings. The Hall–Kier alpha value is -3.44. The van der Waals surface area contributed by atoms with Gasteiger partial charge in [-0.15, -0.1) is 0 Å². The average molecular weight is 412 g/mol. The highest BCUT2D eigenvalue weighted by Gasteiger charge is 2.68. The number of fused-ring (bicyclic) bond motifs is 1. The van der Waals surface area contributed by atoms with Crippen LogP contribution >= 0.6 is 0 Å². The fraction of sp³-hybridized carbons (Fsp3) is 0.231. The second kappa shape index (κ2) is 7.06. The van der Waals surface area contributed by atoms with E-state index in [1.54, 1.807) is 5.06 Å². The van der Waals surface area contributed by atoms with Crippen molar-refractivity contribution in [1.29, 1.82) is 0 Å². The number of imide groups is 1. The third kappa shape index (κ3) is 2.81. The second-order valence-corrected chi connectivity index (χ2v) is 8.49. The number of hydroxylamine groups is 1. The summed E-state index contributed by atoms with van der Waals surface area (Å²) in [4.78, 5) is 34.9. The van der Waals surface area contributed by atoms with Crippen molar-refractivity contribution in [3.8, 4) is 0 Å². The summed E-state index contributed by atoms with van der Waals surface area (Å²) in [5.41, 5.74) is 3.42. The van der Waals surface area contributed by atoms with Crippen LogP contribution in [0.15, 0.2) is 78.9 Å². The molecule has 2 aliphatic rings. The number of para-hydroxylation sites is 1. The minimum Gasteiger partial charge on any atom is -0.273 e. The number of hydrogen-bond acceptors (Lipinski definition) is 4. The molecule has 5 heteroatoms. The number of carbonyl (C=O) groups excluding carboxylic acids is 2. The van der Waals surface area contributed by atoms with Crippen LogP contribution in [-0.4, -0.2) is 17.9 Å². The minimum atomic E-state index is -1.06. The molecular weight excluding hydrogens is 388 g/mol. The standard InChI is InChI=1S/C26H24N2O3/c1-17-14-15-21(16-18(17)2)27-24(29)23-26(3,25(27)30)22(19-10-6-4-7-11-19)28(31-23)20-12-8-5-9-13-20/h4-16,22-23H,1-3H3. The molecule has 3 unspecified atom stereocenters. The zero-order valence-electron chi connectivity index (χ0n) is 17.8. The number of hydrogen-bond donors (Lipinski definition) is 0. The highest BCUT2D eigenvalue weighted by atomic mass is 16.7. The molecule has 2 heterocycles. The Labute approximate surface area is 181 Å². The van der Waals surface area contributed by atoms with Crippen LogP contribution in [0.1, 0.15) is 29.7 Å². The molecular formula is C26H24N2O3. The normalized spacial score (nSPS) is 25.3. The maximum atomic E-state index is 13.9. The Kier molecular flexibility index (Phi) is 4.45. The lowest BCUT2D eigenvalue weighted by Gasteiger charge is -2.32. The molecule has 0 radical (unpaired) electrons. The van der Waals surface area contributed by atoms with Crippen molar-refractivity contribution in [3.63, 3.8) is 0 Å². The van der Waals surface area contributed by atoms with Gasteiger partial charge in [-0.25, -0.2) is 9.96 Å². The van der Waals surface area contributed by atoms with E-state index in [0.29, 0.717) is 5.69 Å². The number of amides is 2. The van der Waals surface area contributed by atoms with Crippen LogP contribution in [0.25, 0.3) is 0 Å². The lowest BCUT2D eigenvalue weighted by Crippen LogP contribution is -2.41. The third-order valence-corrected chi connectivity index (χ3v) is 6.55. The average Bonchev–Trinajstić information content (AvgIpc) is 3.20. The molecule has 0 saturated carbocycles. The molecule has 3 atom stereocenters. The largest absolute Gasteiger partial charge is 0.273 e. The molecule has 2 saturated heterocycles. The van der Waals surface area contributed by atoms with Crippen molar-refractivity contribution < 1.29 is 14.4 Å². The number of carbonyl (C=O) groups is 2. The molecule has 0 N–H and O–H groups in total. The lowest BCUT2D eigenvalue weighted by molar-refractivity contribution is -0.128. The van der Waals surface area contributed by atoms with E-state index in [2.05, 4.69) is 0 Å². The van der Waals surface area contributed by atoms with Crippen LogP contribution in [-0.2, 0) is 14.4 Å². The number of rotatable bonds is 3. The van der Waals surface area contributed by atoms with Crippen molar-refractivity contribution in [2.75, 3.05) is 9.96 Å². The van der Waals surface area contributed by atoms with Gasteiger partial charge in [0.1, 0.15) is 5.41 Å². The SMILES string of the molecule is Cc1ccc(N2C(=O)C3ON(c4ccccc4)C(c4ccccc4)C3(C)C2=O)cc1C. The summed E-state index contributed by atoms with van der Waals surface area (Å²) < 4.78 is 0. The first-order chi connectivity index (χ1) is 14.9. The summed E-state index contributed by atoms with van der Waals surface area (Å²) in [7, 11) is 0.